The van der Waals surface area contributed by atoms with Crippen molar-refractivity contribution in [3.05, 3.63) is 30.1 Å². The number of piperidine rings is 1. The molecule has 1 atom stereocenters. The largest absolute Gasteiger partial charge is 0.349 e. The second kappa shape index (κ2) is 8.02. The van der Waals surface area contributed by atoms with Crippen LogP contribution in [0.3, 0.4) is 0 Å². The van der Waals surface area contributed by atoms with E-state index in [-0.39, 0.29) is 35.7 Å². The maximum atomic E-state index is 13.9. The lowest BCUT2D eigenvalue weighted by molar-refractivity contribution is -0.128. The van der Waals surface area contributed by atoms with Crippen LogP contribution in [0.5, 0.6) is 0 Å². The summed E-state index contributed by atoms with van der Waals surface area (Å²) in [5, 5.41) is 3.01. The standard InChI is InChI=1S/C18H28FN3O3S/c1-13(2)18(3,12-20)21-17(23)14-8-10-22(11-9-14)26(24,25)16-7-5-4-6-15(16)19/h4-7,13-14H,8-12,20H2,1-3H3,(H,21,23). The minimum absolute atomic E-state index is 0.102. The molecule has 6 nitrogen and oxygen atoms in total. The van der Waals surface area contributed by atoms with Gasteiger partial charge in [-0.2, -0.15) is 4.31 Å². The maximum Gasteiger partial charge on any atom is 0.245 e. The highest BCUT2D eigenvalue weighted by molar-refractivity contribution is 7.89. The van der Waals surface area contributed by atoms with Crippen molar-refractivity contribution < 1.29 is 17.6 Å². The van der Waals surface area contributed by atoms with Crippen LogP contribution in [0, 0.1) is 17.7 Å². The molecule has 1 aromatic carbocycles. The smallest absolute Gasteiger partial charge is 0.245 e. The lowest BCUT2D eigenvalue weighted by atomic mass is 9.87. The lowest BCUT2D eigenvalue weighted by Crippen LogP contribution is -2.57. The molecule has 1 unspecified atom stereocenters. The normalized spacial score (nSPS) is 19.3. The van der Waals surface area contributed by atoms with Gasteiger partial charge in [0.1, 0.15) is 10.7 Å². The minimum Gasteiger partial charge on any atom is -0.349 e. The summed E-state index contributed by atoms with van der Waals surface area (Å²) in [7, 11) is -3.89. The maximum absolute atomic E-state index is 13.9. The van der Waals surface area contributed by atoms with Crippen molar-refractivity contribution >= 4 is 15.9 Å². The van der Waals surface area contributed by atoms with Crippen LogP contribution in [0.2, 0.25) is 0 Å². The van der Waals surface area contributed by atoms with Crippen molar-refractivity contribution in [3.8, 4) is 0 Å². The van der Waals surface area contributed by atoms with E-state index >= 15 is 0 Å². The lowest BCUT2D eigenvalue weighted by Gasteiger charge is -2.37. The number of benzene rings is 1. The highest BCUT2D eigenvalue weighted by Crippen LogP contribution is 2.26. The van der Waals surface area contributed by atoms with Crippen LogP contribution in [0.15, 0.2) is 29.2 Å². The minimum atomic E-state index is -3.89. The van der Waals surface area contributed by atoms with Gasteiger partial charge >= 0.3 is 0 Å². The molecular formula is C18H28FN3O3S. The van der Waals surface area contributed by atoms with Crippen LogP contribution < -0.4 is 11.1 Å². The third kappa shape index (κ3) is 4.24. The Labute approximate surface area is 155 Å². The van der Waals surface area contributed by atoms with E-state index in [2.05, 4.69) is 5.32 Å². The number of carbonyl (C=O) groups is 1. The topological polar surface area (TPSA) is 92.5 Å². The third-order valence-electron chi connectivity index (χ3n) is 5.39. The molecule has 26 heavy (non-hydrogen) atoms. The molecule has 0 radical (unpaired) electrons. The molecule has 2 rings (SSSR count). The van der Waals surface area contributed by atoms with Crippen LogP contribution in [0.1, 0.15) is 33.6 Å². The molecule has 0 aromatic heterocycles. The number of hydrogen-bond donors (Lipinski definition) is 2. The monoisotopic (exact) mass is 385 g/mol. The molecule has 8 heteroatoms. The van der Waals surface area contributed by atoms with E-state index in [1.165, 1.54) is 22.5 Å². The van der Waals surface area contributed by atoms with Crippen molar-refractivity contribution in [2.24, 2.45) is 17.6 Å². The molecular weight excluding hydrogens is 357 g/mol. The summed E-state index contributed by atoms with van der Waals surface area (Å²) in [5.41, 5.74) is 5.31. The zero-order valence-electron chi connectivity index (χ0n) is 15.5. The van der Waals surface area contributed by atoms with Crippen molar-refractivity contribution in [2.45, 2.75) is 44.0 Å². The molecule has 1 aliphatic rings. The first-order chi connectivity index (χ1) is 12.1. The predicted molar refractivity (Wildman–Crippen MR) is 98.3 cm³/mol. The van der Waals surface area contributed by atoms with Crippen LogP contribution in [-0.4, -0.2) is 43.8 Å². The number of halogens is 1. The van der Waals surface area contributed by atoms with Gasteiger partial charge in [-0.15, -0.1) is 0 Å². The first-order valence-electron chi connectivity index (χ1n) is 8.88. The van der Waals surface area contributed by atoms with Crippen LogP contribution >= 0.6 is 0 Å². The summed E-state index contributed by atoms with van der Waals surface area (Å²) >= 11 is 0. The number of carbonyl (C=O) groups excluding carboxylic acids is 1. The number of nitrogens with zero attached hydrogens (tertiary/aromatic N) is 1. The van der Waals surface area contributed by atoms with Crippen molar-refractivity contribution in [3.63, 3.8) is 0 Å². The number of sulfonamides is 1. The quantitative estimate of drug-likeness (QED) is 0.780. The number of nitrogens with one attached hydrogen (secondary N) is 1. The predicted octanol–water partition coefficient (Wildman–Crippen LogP) is 1.72. The Morgan fingerprint density at radius 1 is 1.35 bits per heavy atom. The second-order valence-electron chi connectivity index (χ2n) is 7.37. The Morgan fingerprint density at radius 2 is 1.92 bits per heavy atom. The first kappa shape index (κ1) is 20.8. The third-order valence-corrected chi connectivity index (χ3v) is 7.32. The fraction of sp³-hybridized carbons (Fsp3) is 0.611. The van der Waals surface area contributed by atoms with E-state index in [0.717, 1.165) is 6.07 Å². The van der Waals surface area contributed by atoms with Crippen LogP contribution in [0.25, 0.3) is 0 Å². The Bertz CT molecular complexity index is 746. The Morgan fingerprint density at radius 3 is 2.42 bits per heavy atom. The van der Waals surface area contributed by atoms with Gasteiger partial charge in [0.2, 0.25) is 15.9 Å². The molecule has 1 fully saturated rings. The molecule has 1 saturated heterocycles. The number of rotatable bonds is 6. The summed E-state index contributed by atoms with van der Waals surface area (Å²) in [4.78, 5) is 12.2. The van der Waals surface area contributed by atoms with E-state index in [4.69, 9.17) is 5.73 Å². The van der Waals surface area contributed by atoms with E-state index in [1.807, 2.05) is 20.8 Å². The van der Waals surface area contributed by atoms with E-state index in [9.17, 15) is 17.6 Å². The van der Waals surface area contributed by atoms with Gasteiger partial charge < -0.3 is 11.1 Å². The molecule has 1 aromatic rings. The van der Waals surface area contributed by atoms with Crippen LogP contribution in [-0.2, 0) is 14.8 Å². The zero-order valence-corrected chi connectivity index (χ0v) is 16.4. The van der Waals surface area contributed by atoms with Gasteiger partial charge in [-0.25, -0.2) is 12.8 Å². The highest BCUT2D eigenvalue weighted by atomic mass is 32.2. The summed E-state index contributed by atoms with van der Waals surface area (Å²) in [6, 6.07) is 5.34. The number of nitrogens with two attached hydrogens (primary N) is 1. The van der Waals surface area contributed by atoms with Gasteiger partial charge in [0, 0.05) is 25.6 Å². The van der Waals surface area contributed by atoms with Gasteiger partial charge in [0.05, 0.1) is 5.54 Å². The van der Waals surface area contributed by atoms with Gasteiger partial charge in [-0.05, 0) is 37.8 Å². The molecule has 0 saturated carbocycles. The Hall–Kier alpha value is -1.51. The summed E-state index contributed by atoms with van der Waals surface area (Å²) in [6.45, 7) is 6.61. The Balaban J connectivity index is 2.03. The average molecular weight is 386 g/mol. The van der Waals surface area contributed by atoms with E-state index < -0.39 is 21.4 Å². The molecule has 3 N–H and O–H groups in total. The van der Waals surface area contributed by atoms with Crippen LogP contribution in [0.4, 0.5) is 4.39 Å². The van der Waals surface area contributed by atoms with Gasteiger partial charge in [-0.1, -0.05) is 26.0 Å². The van der Waals surface area contributed by atoms with Gasteiger partial charge in [-0.3, -0.25) is 4.79 Å². The van der Waals surface area contributed by atoms with E-state index in [0.29, 0.717) is 19.4 Å². The second-order valence-corrected chi connectivity index (χ2v) is 9.28. The first-order valence-corrected chi connectivity index (χ1v) is 10.3. The zero-order chi connectivity index (χ0) is 19.5. The fourth-order valence-electron chi connectivity index (χ4n) is 2.97. The SMILES string of the molecule is CC(C)C(C)(CN)NC(=O)C1CCN(S(=O)(=O)c2ccccc2F)CC1. The fourth-order valence-corrected chi connectivity index (χ4v) is 4.50. The summed E-state index contributed by atoms with van der Waals surface area (Å²) in [5.74, 6) is -0.956. The number of amides is 1. The number of hydrogen-bond acceptors (Lipinski definition) is 4. The summed E-state index contributed by atoms with van der Waals surface area (Å²) < 4.78 is 40.3. The molecule has 146 valence electrons. The summed E-state index contributed by atoms with van der Waals surface area (Å²) in [6.07, 6.45) is 0.802. The molecule has 1 amide bonds. The van der Waals surface area contributed by atoms with Gasteiger partial charge in [0.15, 0.2) is 0 Å². The van der Waals surface area contributed by atoms with Crippen molar-refractivity contribution in [1.29, 1.82) is 0 Å². The molecule has 0 spiro atoms. The van der Waals surface area contributed by atoms with Gasteiger partial charge in [0.25, 0.3) is 0 Å². The van der Waals surface area contributed by atoms with E-state index in [1.54, 1.807) is 0 Å². The molecule has 1 aliphatic heterocycles. The average Bonchev–Trinajstić information content (AvgIpc) is 2.61. The Kier molecular flexibility index (Phi) is 6.42. The highest BCUT2D eigenvalue weighted by Gasteiger charge is 2.36. The molecule has 1 heterocycles. The van der Waals surface area contributed by atoms with Crippen molar-refractivity contribution in [2.75, 3.05) is 19.6 Å². The van der Waals surface area contributed by atoms with Crippen molar-refractivity contribution in [1.82, 2.24) is 9.62 Å². The molecule has 0 bridgehead atoms. The molecule has 0 aliphatic carbocycles.